The summed E-state index contributed by atoms with van der Waals surface area (Å²) in [6.45, 7) is 1.23. The smallest absolute Gasteiger partial charge is 0.227 e. The van der Waals surface area contributed by atoms with Crippen LogP contribution in [0.3, 0.4) is 0 Å². The van der Waals surface area contributed by atoms with E-state index in [1.165, 1.54) is 0 Å². The Kier molecular flexibility index (Phi) is 3.51. The summed E-state index contributed by atoms with van der Waals surface area (Å²) in [6.07, 6.45) is 5.11. The van der Waals surface area contributed by atoms with E-state index >= 15 is 0 Å². The molecule has 1 saturated heterocycles. The second kappa shape index (κ2) is 5.07. The number of amides is 1. The number of hydrogen-bond donors (Lipinski definition) is 1. The predicted molar refractivity (Wildman–Crippen MR) is 59.8 cm³/mol. The predicted octanol–water partition coefficient (Wildman–Crippen LogP) is 0.607. The zero-order chi connectivity index (χ0) is 11.4. The van der Waals surface area contributed by atoms with Crippen LogP contribution >= 0.6 is 0 Å². The third-order valence-electron chi connectivity index (χ3n) is 2.83. The first-order valence-corrected chi connectivity index (χ1v) is 5.60. The number of rotatable bonds is 2. The summed E-state index contributed by atoms with van der Waals surface area (Å²) in [7, 11) is 0. The van der Waals surface area contributed by atoms with Crippen molar-refractivity contribution in [2.45, 2.75) is 25.4 Å². The van der Waals surface area contributed by atoms with Crippen molar-refractivity contribution in [3.8, 4) is 0 Å². The van der Waals surface area contributed by atoms with E-state index in [0.29, 0.717) is 13.0 Å². The van der Waals surface area contributed by atoms with Crippen LogP contribution in [-0.4, -0.2) is 40.1 Å². The van der Waals surface area contributed by atoms with Crippen LogP contribution in [-0.2, 0) is 11.2 Å². The number of hydrogen-bond acceptors (Lipinski definition) is 3. The summed E-state index contributed by atoms with van der Waals surface area (Å²) < 4.78 is 0. The van der Waals surface area contributed by atoms with E-state index in [2.05, 4.69) is 4.98 Å². The van der Waals surface area contributed by atoms with Crippen molar-refractivity contribution in [1.29, 1.82) is 0 Å². The van der Waals surface area contributed by atoms with Gasteiger partial charge in [0.2, 0.25) is 5.91 Å². The molecule has 0 spiro atoms. The highest BCUT2D eigenvalue weighted by atomic mass is 16.3. The fourth-order valence-corrected chi connectivity index (χ4v) is 1.97. The summed E-state index contributed by atoms with van der Waals surface area (Å²) >= 11 is 0. The molecule has 0 saturated carbocycles. The Balaban J connectivity index is 1.93. The molecule has 1 fully saturated rings. The minimum absolute atomic E-state index is 0.0757. The van der Waals surface area contributed by atoms with E-state index in [-0.39, 0.29) is 12.0 Å². The number of aliphatic hydroxyl groups is 1. The number of carbonyl (C=O) groups excluding carboxylic acids is 1. The molecule has 2 heterocycles. The first-order chi connectivity index (χ1) is 7.75. The van der Waals surface area contributed by atoms with Crippen LogP contribution in [0.1, 0.15) is 18.4 Å². The maximum Gasteiger partial charge on any atom is 0.227 e. The highest BCUT2D eigenvalue weighted by molar-refractivity contribution is 5.78. The van der Waals surface area contributed by atoms with E-state index < -0.39 is 0 Å². The second-order valence-electron chi connectivity index (χ2n) is 4.17. The highest BCUT2D eigenvalue weighted by Gasteiger charge is 2.21. The number of pyridine rings is 1. The van der Waals surface area contributed by atoms with E-state index in [1.54, 1.807) is 17.3 Å². The third kappa shape index (κ3) is 2.79. The summed E-state index contributed by atoms with van der Waals surface area (Å²) in [5, 5.41) is 9.49. The Labute approximate surface area is 94.9 Å². The summed E-state index contributed by atoms with van der Waals surface area (Å²) in [5.41, 5.74) is 0.924. The van der Waals surface area contributed by atoms with Gasteiger partial charge in [0.05, 0.1) is 12.5 Å². The Hall–Kier alpha value is -1.42. The number of β-amino-alcohol motifs (C(OH)–C–C–N with tert-alkyl or cyclic N) is 1. The van der Waals surface area contributed by atoms with Gasteiger partial charge in [0.25, 0.3) is 0 Å². The van der Waals surface area contributed by atoms with Gasteiger partial charge in [-0.05, 0) is 24.5 Å². The SMILES string of the molecule is O=C(Cc1cccnc1)N1CCC[C@H](O)C1. The van der Waals surface area contributed by atoms with Crippen molar-refractivity contribution in [1.82, 2.24) is 9.88 Å². The first kappa shape index (κ1) is 11.1. The minimum atomic E-state index is -0.355. The van der Waals surface area contributed by atoms with Crippen molar-refractivity contribution in [2.75, 3.05) is 13.1 Å². The lowest BCUT2D eigenvalue weighted by atomic mass is 10.1. The maximum atomic E-state index is 11.9. The summed E-state index contributed by atoms with van der Waals surface area (Å²) in [6, 6.07) is 3.72. The number of carbonyl (C=O) groups is 1. The van der Waals surface area contributed by atoms with Crippen molar-refractivity contribution >= 4 is 5.91 Å². The highest BCUT2D eigenvalue weighted by Crippen LogP contribution is 2.11. The molecular formula is C12H16N2O2. The Morgan fingerprint density at radius 1 is 1.62 bits per heavy atom. The lowest BCUT2D eigenvalue weighted by Crippen LogP contribution is -2.42. The molecule has 1 aromatic heterocycles. The van der Waals surface area contributed by atoms with Crippen LogP contribution in [0.4, 0.5) is 0 Å². The average Bonchev–Trinajstić information content (AvgIpc) is 2.30. The number of nitrogens with zero attached hydrogens (tertiary/aromatic N) is 2. The monoisotopic (exact) mass is 220 g/mol. The lowest BCUT2D eigenvalue weighted by molar-refractivity contribution is -0.133. The molecule has 0 aromatic carbocycles. The van der Waals surface area contributed by atoms with Crippen LogP contribution in [0.15, 0.2) is 24.5 Å². The zero-order valence-electron chi connectivity index (χ0n) is 9.17. The molecule has 16 heavy (non-hydrogen) atoms. The van der Waals surface area contributed by atoms with Crippen LogP contribution in [0, 0.1) is 0 Å². The standard InChI is InChI=1S/C12H16N2O2/c15-11-4-2-6-14(9-11)12(16)7-10-3-1-5-13-8-10/h1,3,5,8,11,15H,2,4,6-7,9H2/t11-/m0/s1. The number of aliphatic hydroxyl groups excluding tert-OH is 1. The van der Waals surface area contributed by atoms with Crippen molar-refractivity contribution < 1.29 is 9.90 Å². The third-order valence-corrected chi connectivity index (χ3v) is 2.83. The van der Waals surface area contributed by atoms with Gasteiger partial charge in [-0.2, -0.15) is 0 Å². The maximum absolute atomic E-state index is 11.9. The Bertz CT molecular complexity index is 353. The minimum Gasteiger partial charge on any atom is -0.391 e. The van der Waals surface area contributed by atoms with Crippen molar-refractivity contribution in [2.24, 2.45) is 0 Å². The van der Waals surface area contributed by atoms with Gasteiger partial charge in [-0.15, -0.1) is 0 Å². The van der Waals surface area contributed by atoms with Gasteiger partial charge >= 0.3 is 0 Å². The molecule has 0 unspecified atom stereocenters. The molecule has 1 aliphatic rings. The molecule has 4 heteroatoms. The van der Waals surface area contributed by atoms with Gasteiger partial charge in [-0.3, -0.25) is 9.78 Å². The molecule has 86 valence electrons. The van der Waals surface area contributed by atoms with Gasteiger partial charge in [0.15, 0.2) is 0 Å². The fraction of sp³-hybridized carbons (Fsp3) is 0.500. The van der Waals surface area contributed by atoms with Gasteiger partial charge in [-0.1, -0.05) is 6.07 Å². The molecule has 4 nitrogen and oxygen atoms in total. The van der Waals surface area contributed by atoms with E-state index in [1.807, 2.05) is 12.1 Å². The molecule has 1 aromatic rings. The topological polar surface area (TPSA) is 53.4 Å². The molecule has 0 aliphatic carbocycles. The molecular weight excluding hydrogens is 204 g/mol. The average molecular weight is 220 g/mol. The zero-order valence-corrected chi connectivity index (χ0v) is 9.17. The molecule has 1 N–H and O–H groups in total. The normalized spacial score (nSPS) is 20.8. The summed E-state index contributed by atoms with van der Waals surface area (Å²) in [5.74, 6) is 0.0757. The summed E-state index contributed by atoms with van der Waals surface area (Å²) in [4.78, 5) is 17.6. The Morgan fingerprint density at radius 3 is 3.19 bits per heavy atom. The molecule has 1 atom stereocenters. The van der Waals surface area contributed by atoms with E-state index in [9.17, 15) is 9.90 Å². The first-order valence-electron chi connectivity index (χ1n) is 5.60. The lowest BCUT2D eigenvalue weighted by Gasteiger charge is -2.30. The van der Waals surface area contributed by atoms with E-state index in [4.69, 9.17) is 0 Å². The van der Waals surface area contributed by atoms with Gasteiger partial charge in [0, 0.05) is 25.5 Å². The second-order valence-corrected chi connectivity index (χ2v) is 4.17. The van der Waals surface area contributed by atoms with Crippen LogP contribution in [0.5, 0.6) is 0 Å². The quantitative estimate of drug-likeness (QED) is 0.794. The van der Waals surface area contributed by atoms with Crippen LogP contribution in [0.25, 0.3) is 0 Å². The number of likely N-dealkylation sites (tertiary alicyclic amines) is 1. The van der Waals surface area contributed by atoms with Crippen molar-refractivity contribution in [3.05, 3.63) is 30.1 Å². The molecule has 2 rings (SSSR count). The van der Waals surface area contributed by atoms with Crippen LogP contribution < -0.4 is 0 Å². The number of aromatic nitrogens is 1. The van der Waals surface area contributed by atoms with Gasteiger partial charge in [0.1, 0.15) is 0 Å². The molecule has 0 bridgehead atoms. The van der Waals surface area contributed by atoms with Crippen LogP contribution in [0.2, 0.25) is 0 Å². The van der Waals surface area contributed by atoms with E-state index in [0.717, 1.165) is 24.9 Å². The molecule has 1 amide bonds. The van der Waals surface area contributed by atoms with Gasteiger partial charge < -0.3 is 10.0 Å². The fourth-order valence-electron chi connectivity index (χ4n) is 1.97. The number of piperidine rings is 1. The molecule has 0 radical (unpaired) electrons. The Morgan fingerprint density at radius 2 is 2.50 bits per heavy atom. The van der Waals surface area contributed by atoms with Crippen molar-refractivity contribution in [3.63, 3.8) is 0 Å². The largest absolute Gasteiger partial charge is 0.391 e. The van der Waals surface area contributed by atoms with Gasteiger partial charge in [-0.25, -0.2) is 0 Å². The molecule has 1 aliphatic heterocycles.